The molecule has 28 heavy (non-hydrogen) atoms. The third-order valence-electron chi connectivity index (χ3n) is 3.36. The normalized spacial score (nSPS) is 11.2. The zero-order chi connectivity index (χ0) is 20.3. The first kappa shape index (κ1) is 19.5. The molecule has 0 aliphatic carbocycles. The van der Waals surface area contributed by atoms with Crippen molar-refractivity contribution in [3.8, 4) is 5.88 Å². The van der Waals surface area contributed by atoms with Crippen LogP contribution in [0.5, 0.6) is 5.88 Å². The number of nitrogens with zero attached hydrogens (tertiary/aromatic N) is 3. The summed E-state index contributed by atoms with van der Waals surface area (Å²) in [5, 5.41) is 6.14. The van der Waals surface area contributed by atoms with Crippen molar-refractivity contribution in [3.05, 3.63) is 53.1 Å². The van der Waals surface area contributed by atoms with E-state index in [1.165, 1.54) is 12.4 Å². The lowest BCUT2D eigenvalue weighted by molar-refractivity contribution is -0.137. The summed E-state index contributed by atoms with van der Waals surface area (Å²) in [6.07, 6.45) is -1.82. The maximum atomic E-state index is 12.8. The molecule has 0 spiro atoms. The molecule has 0 radical (unpaired) electrons. The van der Waals surface area contributed by atoms with Crippen molar-refractivity contribution in [1.29, 1.82) is 0 Å². The lowest BCUT2D eigenvalue weighted by Gasteiger charge is -2.10. The number of carbonyl (C=O) groups excluding carboxylic acids is 1. The number of hydrogen-bond donors (Lipinski definition) is 2. The van der Waals surface area contributed by atoms with Crippen molar-refractivity contribution >= 4 is 33.8 Å². The van der Waals surface area contributed by atoms with E-state index in [9.17, 15) is 18.0 Å². The van der Waals surface area contributed by atoms with Gasteiger partial charge < -0.3 is 10.1 Å². The van der Waals surface area contributed by atoms with Crippen LogP contribution in [-0.4, -0.2) is 21.0 Å². The third-order valence-corrected chi connectivity index (χ3v) is 4.23. The topological polar surface area (TPSA) is 89.0 Å². The zero-order valence-electron chi connectivity index (χ0n) is 14.7. The largest absolute Gasteiger partial charge is 0.418 e. The number of hydrogen-bond acceptors (Lipinski definition) is 7. The molecular weight excluding hydrogens is 395 g/mol. The fourth-order valence-electron chi connectivity index (χ4n) is 2.21. The minimum atomic E-state index is -4.52. The SMILES string of the molecule is Cc1cc(NC(=O)Oc2nc(C)sc2Nc2cncc(C(F)(F)F)c2)ccn1. The van der Waals surface area contributed by atoms with Gasteiger partial charge in [-0.05, 0) is 32.0 Å². The highest BCUT2D eigenvalue weighted by atomic mass is 32.1. The Morgan fingerprint density at radius 2 is 1.96 bits per heavy atom. The molecule has 3 aromatic rings. The number of alkyl halides is 3. The first-order valence-electron chi connectivity index (χ1n) is 7.89. The lowest BCUT2D eigenvalue weighted by Crippen LogP contribution is -2.17. The van der Waals surface area contributed by atoms with Gasteiger partial charge in [-0.1, -0.05) is 11.3 Å². The molecule has 3 rings (SSSR count). The quantitative estimate of drug-likeness (QED) is 0.636. The van der Waals surface area contributed by atoms with Crippen LogP contribution in [0.2, 0.25) is 0 Å². The van der Waals surface area contributed by atoms with E-state index in [-0.39, 0.29) is 16.6 Å². The maximum absolute atomic E-state index is 12.8. The summed E-state index contributed by atoms with van der Waals surface area (Å²) >= 11 is 1.13. The second kappa shape index (κ2) is 7.80. The average molecular weight is 409 g/mol. The van der Waals surface area contributed by atoms with Crippen molar-refractivity contribution in [2.45, 2.75) is 20.0 Å². The Balaban J connectivity index is 1.75. The van der Waals surface area contributed by atoms with Crippen LogP contribution in [0.3, 0.4) is 0 Å². The zero-order valence-corrected chi connectivity index (χ0v) is 15.5. The predicted octanol–water partition coefficient (Wildman–Crippen LogP) is 4.92. The van der Waals surface area contributed by atoms with E-state index in [2.05, 4.69) is 25.6 Å². The second-order valence-corrected chi connectivity index (χ2v) is 6.86. The molecule has 0 aromatic carbocycles. The van der Waals surface area contributed by atoms with Gasteiger partial charge in [0.2, 0.25) is 0 Å². The van der Waals surface area contributed by atoms with Gasteiger partial charge in [-0.15, -0.1) is 0 Å². The average Bonchev–Trinajstić information content (AvgIpc) is 2.93. The molecule has 3 heterocycles. The van der Waals surface area contributed by atoms with Gasteiger partial charge in [-0.25, -0.2) is 9.78 Å². The summed E-state index contributed by atoms with van der Waals surface area (Å²) in [5.74, 6) is -0.0526. The van der Waals surface area contributed by atoms with Crippen molar-refractivity contribution in [3.63, 3.8) is 0 Å². The van der Waals surface area contributed by atoms with Gasteiger partial charge in [-0.3, -0.25) is 15.3 Å². The Morgan fingerprint density at radius 3 is 2.68 bits per heavy atom. The third kappa shape index (κ3) is 4.94. The van der Waals surface area contributed by atoms with Crippen molar-refractivity contribution in [1.82, 2.24) is 15.0 Å². The molecule has 0 unspecified atom stereocenters. The molecule has 0 saturated carbocycles. The summed E-state index contributed by atoms with van der Waals surface area (Å²) in [6, 6.07) is 4.15. The number of ether oxygens (including phenoxy) is 1. The molecule has 11 heteroatoms. The van der Waals surface area contributed by atoms with E-state index < -0.39 is 17.8 Å². The highest BCUT2D eigenvalue weighted by molar-refractivity contribution is 7.16. The molecule has 0 fully saturated rings. The van der Waals surface area contributed by atoms with Crippen LogP contribution < -0.4 is 15.4 Å². The number of carbonyl (C=O) groups is 1. The highest BCUT2D eigenvalue weighted by Gasteiger charge is 2.31. The minimum Gasteiger partial charge on any atom is -0.388 e. The monoisotopic (exact) mass is 409 g/mol. The molecule has 3 aromatic heterocycles. The number of aryl methyl sites for hydroxylation is 2. The van der Waals surface area contributed by atoms with Crippen LogP contribution in [0.15, 0.2) is 36.8 Å². The van der Waals surface area contributed by atoms with Gasteiger partial charge in [0.25, 0.3) is 5.88 Å². The van der Waals surface area contributed by atoms with E-state index in [0.717, 1.165) is 23.6 Å². The summed E-state index contributed by atoms with van der Waals surface area (Å²) in [7, 11) is 0. The van der Waals surface area contributed by atoms with E-state index in [1.807, 2.05) is 0 Å². The number of rotatable bonds is 4. The summed E-state index contributed by atoms with van der Waals surface area (Å²) < 4.78 is 43.7. The number of anilines is 3. The molecule has 0 aliphatic rings. The van der Waals surface area contributed by atoms with Gasteiger partial charge in [0, 0.05) is 23.8 Å². The molecule has 0 atom stereocenters. The molecular formula is C17H14F3N5O2S. The van der Waals surface area contributed by atoms with E-state index in [1.54, 1.807) is 26.0 Å². The van der Waals surface area contributed by atoms with E-state index in [0.29, 0.717) is 16.4 Å². The van der Waals surface area contributed by atoms with Crippen LogP contribution in [-0.2, 0) is 6.18 Å². The molecule has 0 saturated heterocycles. The van der Waals surface area contributed by atoms with Crippen molar-refractivity contribution in [2.75, 3.05) is 10.6 Å². The number of aromatic nitrogens is 3. The number of amides is 1. The summed E-state index contributed by atoms with van der Waals surface area (Å²) in [4.78, 5) is 23.8. The second-order valence-electron chi connectivity index (χ2n) is 5.65. The fourth-order valence-corrected chi connectivity index (χ4v) is 2.97. The Morgan fingerprint density at radius 1 is 1.18 bits per heavy atom. The number of nitrogens with one attached hydrogen (secondary N) is 2. The molecule has 146 valence electrons. The number of halogens is 3. The van der Waals surface area contributed by atoms with E-state index in [4.69, 9.17) is 4.74 Å². The van der Waals surface area contributed by atoms with E-state index >= 15 is 0 Å². The predicted molar refractivity (Wildman–Crippen MR) is 98.0 cm³/mol. The highest BCUT2D eigenvalue weighted by Crippen LogP contribution is 2.35. The molecule has 2 N–H and O–H groups in total. The van der Waals surface area contributed by atoms with Gasteiger partial charge >= 0.3 is 12.3 Å². The van der Waals surface area contributed by atoms with Crippen LogP contribution >= 0.6 is 11.3 Å². The lowest BCUT2D eigenvalue weighted by atomic mass is 10.2. The summed E-state index contributed by atoms with van der Waals surface area (Å²) in [5.41, 5.74) is 0.392. The van der Waals surface area contributed by atoms with Gasteiger partial charge in [0.1, 0.15) is 0 Å². The first-order valence-corrected chi connectivity index (χ1v) is 8.70. The Bertz CT molecular complexity index is 1010. The smallest absolute Gasteiger partial charge is 0.388 e. The molecule has 7 nitrogen and oxygen atoms in total. The maximum Gasteiger partial charge on any atom is 0.418 e. The van der Waals surface area contributed by atoms with Crippen molar-refractivity contribution < 1.29 is 22.7 Å². The van der Waals surface area contributed by atoms with Crippen molar-refractivity contribution in [2.24, 2.45) is 0 Å². The van der Waals surface area contributed by atoms with Crippen LogP contribution in [0.1, 0.15) is 16.3 Å². The van der Waals surface area contributed by atoms with Crippen LogP contribution in [0, 0.1) is 13.8 Å². The Labute approximate surface area is 161 Å². The fraction of sp³-hybridized carbons (Fsp3) is 0.176. The number of pyridine rings is 2. The van der Waals surface area contributed by atoms with Gasteiger partial charge in [0.15, 0.2) is 5.00 Å². The van der Waals surface area contributed by atoms with Gasteiger partial charge in [-0.2, -0.15) is 13.2 Å². The van der Waals surface area contributed by atoms with Crippen LogP contribution in [0.4, 0.5) is 34.3 Å². The van der Waals surface area contributed by atoms with Gasteiger partial charge in [0.05, 0.1) is 22.5 Å². The minimum absolute atomic E-state index is 0.0526. The Kier molecular flexibility index (Phi) is 5.45. The molecule has 0 bridgehead atoms. The van der Waals surface area contributed by atoms with Crippen LogP contribution in [0.25, 0.3) is 0 Å². The standard InChI is InChI=1S/C17H14F3N5O2S/c1-9-5-12(3-4-22-9)25-16(26)27-14-15(28-10(2)23-14)24-13-6-11(7-21-8-13)17(18,19)20/h3-8,24H,1-2H3,(H,22,25,26). The number of thiazole rings is 1. The Hall–Kier alpha value is -3.21. The molecule has 1 amide bonds. The first-order chi connectivity index (χ1) is 13.2. The molecule has 0 aliphatic heterocycles. The summed E-state index contributed by atoms with van der Waals surface area (Å²) in [6.45, 7) is 3.45.